The molecule has 1 saturated carbocycles. The molecular formula is C12H20N2O4. The van der Waals surface area contributed by atoms with Crippen molar-refractivity contribution in [2.75, 3.05) is 13.7 Å². The summed E-state index contributed by atoms with van der Waals surface area (Å²) >= 11 is 0. The van der Waals surface area contributed by atoms with E-state index in [2.05, 4.69) is 5.32 Å². The maximum atomic E-state index is 12.0. The zero-order chi connectivity index (χ0) is 13.3. The Balaban J connectivity index is 1.99. The predicted octanol–water partition coefficient (Wildman–Crippen LogP) is -0.738. The lowest BCUT2D eigenvalue weighted by atomic mass is 10.2. The van der Waals surface area contributed by atoms with Crippen LogP contribution in [0.1, 0.15) is 26.2 Å². The Morgan fingerprint density at radius 3 is 2.67 bits per heavy atom. The first kappa shape index (κ1) is 13.3. The normalized spacial score (nSPS) is 29.9. The molecule has 0 spiro atoms. The van der Waals surface area contributed by atoms with E-state index in [1.165, 1.54) is 7.11 Å². The van der Waals surface area contributed by atoms with Crippen LogP contribution in [-0.2, 0) is 14.3 Å². The SMILES string of the molecule is COC(=O)C1CC(O)CN1C(C)C(=O)NC1CC1. The van der Waals surface area contributed by atoms with Gasteiger partial charge in [-0.15, -0.1) is 0 Å². The Kier molecular flexibility index (Phi) is 3.87. The molecule has 6 nitrogen and oxygen atoms in total. The van der Waals surface area contributed by atoms with E-state index in [0.29, 0.717) is 19.0 Å². The van der Waals surface area contributed by atoms with Crippen LogP contribution in [0.3, 0.4) is 0 Å². The second-order valence-corrected chi connectivity index (χ2v) is 5.08. The van der Waals surface area contributed by atoms with Gasteiger partial charge in [-0.2, -0.15) is 0 Å². The molecule has 0 radical (unpaired) electrons. The van der Waals surface area contributed by atoms with Crippen molar-refractivity contribution in [2.24, 2.45) is 0 Å². The second kappa shape index (κ2) is 5.24. The van der Waals surface area contributed by atoms with Crippen LogP contribution in [0, 0.1) is 0 Å². The fraction of sp³-hybridized carbons (Fsp3) is 0.833. The van der Waals surface area contributed by atoms with E-state index in [-0.39, 0.29) is 5.91 Å². The highest BCUT2D eigenvalue weighted by molar-refractivity contribution is 5.83. The quantitative estimate of drug-likeness (QED) is 0.648. The molecule has 1 amide bonds. The van der Waals surface area contributed by atoms with E-state index in [0.717, 1.165) is 12.8 Å². The van der Waals surface area contributed by atoms with Crippen LogP contribution < -0.4 is 5.32 Å². The van der Waals surface area contributed by atoms with Crippen LogP contribution in [0.5, 0.6) is 0 Å². The zero-order valence-corrected chi connectivity index (χ0v) is 10.8. The van der Waals surface area contributed by atoms with Crippen molar-refractivity contribution in [1.29, 1.82) is 0 Å². The number of hydrogen-bond donors (Lipinski definition) is 2. The van der Waals surface area contributed by atoms with E-state index in [1.807, 2.05) is 0 Å². The molecule has 3 atom stereocenters. The third-order valence-electron chi connectivity index (χ3n) is 3.59. The van der Waals surface area contributed by atoms with Crippen LogP contribution in [0.25, 0.3) is 0 Å². The summed E-state index contributed by atoms with van der Waals surface area (Å²) in [6, 6.07) is -0.652. The minimum absolute atomic E-state index is 0.0829. The van der Waals surface area contributed by atoms with E-state index in [1.54, 1.807) is 11.8 Å². The van der Waals surface area contributed by atoms with Crippen molar-refractivity contribution in [2.45, 2.75) is 50.4 Å². The average Bonchev–Trinajstić information content (AvgIpc) is 3.07. The van der Waals surface area contributed by atoms with Crippen molar-refractivity contribution in [3.8, 4) is 0 Å². The van der Waals surface area contributed by atoms with Crippen LogP contribution in [0.4, 0.5) is 0 Å². The van der Waals surface area contributed by atoms with Gasteiger partial charge in [0.25, 0.3) is 0 Å². The molecule has 2 fully saturated rings. The van der Waals surface area contributed by atoms with Crippen molar-refractivity contribution in [3.05, 3.63) is 0 Å². The molecule has 2 rings (SSSR count). The Bertz CT molecular complexity index is 343. The molecule has 6 heteroatoms. The lowest BCUT2D eigenvalue weighted by Crippen LogP contribution is -2.50. The summed E-state index contributed by atoms with van der Waals surface area (Å²) < 4.78 is 4.71. The van der Waals surface area contributed by atoms with Gasteiger partial charge in [-0.05, 0) is 19.8 Å². The molecule has 102 valence electrons. The molecule has 0 aromatic heterocycles. The number of rotatable bonds is 4. The number of nitrogens with zero attached hydrogens (tertiary/aromatic N) is 1. The Morgan fingerprint density at radius 1 is 1.44 bits per heavy atom. The van der Waals surface area contributed by atoms with E-state index < -0.39 is 24.2 Å². The number of nitrogens with one attached hydrogen (secondary N) is 1. The Hall–Kier alpha value is -1.14. The monoisotopic (exact) mass is 256 g/mol. The van der Waals surface area contributed by atoms with Crippen LogP contribution in [0.15, 0.2) is 0 Å². The highest BCUT2D eigenvalue weighted by Crippen LogP contribution is 2.23. The maximum absolute atomic E-state index is 12.0. The summed E-state index contributed by atoms with van der Waals surface area (Å²) in [5, 5.41) is 12.6. The summed E-state index contributed by atoms with van der Waals surface area (Å²) in [6.45, 7) is 2.09. The minimum atomic E-state index is -0.578. The topological polar surface area (TPSA) is 78.9 Å². The molecule has 1 aliphatic heterocycles. The highest BCUT2D eigenvalue weighted by atomic mass is 16.5. The number of ether oxygens (including phenoxy) is 1. The molecule has 0 aromatic carbocycles. The number of β-amino-alcohol motifs (C(OH)–C–C–N with tert-alkyl or cyclic N) is 1. The first-order valence-electron chi connectivity index (χ1n) is 6.35. The summed E-state index contributed by atoms with van der Waals surface area (Å²) in [7, 11) is 1.32. The van der Waals surface area contributed by atoms with Crippen molar-refractivity contribution >= 4 is 11.9 Å². The van der Waals surface area contributed by atoms with Crippen LogP contribution >= 0.6 is 0 Å². The Labute approximate surface area is 106 Å². The highest BCUT2D eigenvalue weighted by Gasteiger charge is 2.41. The van der Waals surface area contributed by atoms with Gasteiger partial charge in [0.05, 0.1) is 19.3 Å². The smallest absolute Gasteiger partial charge is 0.323 e. The van der Waals surface area contributed by atoms with Gasteiger partial charge in [0.2, 0.25) is 5.91 Å². The van der Waals surface area contributed by atoms with Gasteiger partial charge >= 0.3 is 5.97 Å². The molecule has 18 heavy (non-hydrogen) atoms. The standard InChI is InChI=1S/C12H20N2O4/c1-7(11(16)13-8-3-4-8)14-6-9(15)5-10(14)12(17)18-2/h7-10,15H,3-6H2,1-2H3,(H,13,16). The van der Waals surface area contributed by atoms with Crippen molar-refractivity contribution < 1.29 is 19.4 Å². The number of carbonyl (C=O) groups is 2. The number of esters is 1. The average molecular weight is 256 g/mol. The molecule has 0 aromatic rings. The predicted molar refractivity (Wildman–Crippen MR) is 63.8 cm³/mol. The van der Waals surface area contributed by atoms with Gasteiger partial charge < -0.3 is 15.2 Å². The van der Waals surface area contributed by atoms with Gasteiger partial charge in [0.1, 0.15) is 6.04 Å². The first-order valence-corrected chi connectivity index (χ1v) is 6.35. The van der Waals surface area contributed by atoms with Gasteiger partial charge in [-0.25, -0.2) is 0 Å². The Morgan fingerprint density at radius 2 is 2.11 bits per heavy atom. The van der Waals surface area contributed by atoms with Gasteiger partial charge in [0, 0.05) is 19.0 Å². The van der Waals surface area contributed by atoms with E-state index >= 15 is 0 Å². The summed E-state index contributed by atoms with van der Waals surface area (Å²) in [5.41, 5.74) is 0. The number of methoxy groups -OCH3 is 1. The summed E-state index contributed by atoms with van der Waals surface area (Å²) in [4.78, 5) is 25.3. The lowest BCUT2D eigenvalue weighted by Gasteiger charge is -2.27. The fourth-order valence-electron chi connectivity index (χ4n) is 2.33. The molecule has 1 saturated heterocycles. The molecule has 1 aliphatic carbocycles. The third-order valence-corrected chi connectivity index (χ3v) is 3.59. The molecular weight excluding hydrogens is 236 g/mol. The maximum Gasteiger partial charge on any atom is 0.323 e. The van der Waals surface area contributed by atoms with E-state index in [9.17, 15) is 14.7 Å². The third kappa shape index (κ3) is 2.81. The number of aliphatic hydroxyl groups is 1. The number of amides is 1. The number of hydrogen-bond acceptors (Lipinski definition) is 5. The molecule has 2 N–H and O–H groups in total. The summed E-state index contributed by atoms with van der Waals surface area (Å²) in [5.74, 6) is -0.474. The first-order chi connectivity index (χ1) is 8.52. The number of aliphatic hydroxyl groups excluding tert-OH is 1. The van der Waals surface area contributed by atoms with Crippen molar-refractivity contribution in [3.63, 3.8) is 0 Å². The minimum Gasteiger partial charge on any atom is -0.468 e. The largest absolute Gasteiger partial charge is 0.468 e. The van der Waals surface area contributed by atoms with Gasteiger partial charge in [-0.1, -0.05) is 0 Å². The summed E-state index contributed by atoms with van der Waals surface area (Å²) in [6.07, 6.45) is 1.81. The van der Waals surface area contributed by atoms with Crippen molar-refractivity contribution in [1.82, 2.24) is 10.2 Å². The van der Waals surface area contributed by atoms with Crippen LogP contribution in [-0.4, -0.2) is 59.8 Å². The van der Waals surface area contributed by atoms with Gasteiger partial charge in [-0.3, -0.25) is 14.5 Å². The fourth-order valence-corrected chi connectivity index (χ4v) is 2.33. The van der Waals surface area contributed by atoms with E-state index in [4.69, 9.17) is 4.74 Å². The zero-order valence-electron chi connectivity index (χ0n) is 10.8. The second-order valence-electron chi connectivity index (χ2n) is 5.08. The molecule has 0 bridgehead atoms. The van der Waals surface area contributed by atoms with Crippen LogP contribution in [0.2, 0.25) is 0 Å². The molecule has 1 heterocycles. The van der Waals surface area contributed by atoms with Gasteiger partial charge in [0.15, 0.2) is 0 Å². The lowest BCUT2D eigenvalue weighted by molar-refractivity contribution is -0.147. The number of carbonyl (C=O) groups excluding carboxylic acids is 2. The number of likely N-dealkylation sites (tertiary alicyclic amines) is 1. The molecule has 2 aliphatic rings. The molecule has 3 unspecified atom stereocenters.